The minimum Gasteiger partial charge on any atom is -0.497 e. The summed E-state index contributed by atoms with van der Waals surface area (Å²) < 4.78 is 9.88. The van der Waals surface area contributed by atoms with E-state index in [1.165, 1.54) is 18.2 Å². The van der Waals surface area contributed by atoms with Crippen LogP contribution in [0.4, 0.5) is 0 Å². The molecule has 0 saturated heterocycles. The molecule has 0 bridgehead atoms. The van der Waals surface area contributed by atoms with Gasteiger partial charge in [-0.05, 0) is 41.2 Å². The Hall–Kier alpha value is -2.29. The van der Waals surface area contributed by atoms with E-state index in [1.54, 1.807) is 7.11 Å². The van der Waals surface area contributed by atoms with Crippen LogP contribution >= 0.6 is 0 Å². The number of carbonyl (C=O) groups excluding carboxylic acids is 1. The Labute approximate surface area is 131 Å². The first-order chi connectivity index (χ1) is 10.6. The molecule has 0 N–H and O–H groups in total. The Balaban J connectivity index is 2.01. The molecule has 3 nitrogen and oxygen atoms in total. The Bertz CT molecular complexity index is 600. The van der Waals surface area contributed by atoms with Crippen LogP contribution in [0.2, 0.25) is 0 Å². The fourth-order valence-electron chi connectivity index (χ4n) is 2.46. The largest absolute Gasteiger partial charge is 0.497 e. The van der Waals surface area contributed by atoms with Gasteiger partial charge in [-0.3, -0.25) is 4.79 Å². The molecule has 2 aromatic rings. The molecule has 0 aliphatic rings. The lowest BCUT2D eigenvalue weighted by atomic mass is 9.96. The molecule has 22 heavy (non-hydrogen) atoms. The Kier molecular flexibility index (Phi) is 5.59. The van der Waals surface area contributed by atoms with E-state index in [4.69, 9.17) is 9.47 Å². The fraction of sp³-hybridized carbons (Fsp3) is 0.316. The zero-order valence-electron chi connectivity index (χ0n) is 13.3. The third-order valence-corrected chi connectivity index (χ3v) is 3.70. The van der Waals surface area contributed by atoms with Gasteiger partial charge in [0.2, 0.25) is 0 Å². The lowest BCUT2D eigenvalue weighted by Gasteiger charge is -2.11. The van der Waals surface area contributed by atoms with Crippen LogP contribution in [0.3, 0.4) is 0 Å². The lowest BCUT2D eigenvalue weighted by Crippen LogP contribution is -2.09. The molecule has 0 aromatic heterocycles. The molecule has 0 aliphatic carbocycles. The molecule has 1 atom stereocenters. The van der Waals surface area contributed by atoms with Crippen molar-refractivity contribution >= 4 is 5.97 Å². The van der Waals surface area contributed by atoms with Crippen LogP contribution < -0.4 is 4.74 Å². The standard InChI is InChI=1S/C19H22O3/c1-14(13-19(20)22-3)12-15-4-6-16(7-5-15)17-8-10-18(21-2)11-9-17/h4-11,14H,12-13H2,1-3H3. The van der Waals surface area contributed by atoms with Crippen molar-refractivity contribution in [3.8, 4) is 16.9 Å². The molecule has 1 unspecified atom stereocenters. The van der Waals surface area contributed by atoms with Gasteiger partial charge in [-0.1, -0.05) is 43.3 Å². The summed E-state index contributed by atoms with van der Waals surface area (Å²) in [5.74, 6) is 0.985. The van der Waals surface area contributed by atoms with E-state index in [9.17, 15) is 4.79 Å². The smallest absolute Gasteiger partial charge is 0.305 e. The summed E-state index contributed by atoms with van der Waals surface area (Å²) in [5.41, 5.74) is 3.57. The average Bonchev–Trinajstić information content (AvgIpc) is 2.55. The molecule has 0 fully saturated rings. The number of esters is 1. The maximum Gasteiger partial charge on any atom is 0.305 e. The molecule has 116 valence electrons. The first kappa shape index (κ1) is 16.1. The van der Waals surface area contributed by atoms with Crippen LogP contribution in [-0.4, -0.2) is 20.2 Å². The first-order valence-electron chi connectivity index (χ1n) is 7.42. The molecule has 0 saturated carbocycles. The zero-order valence-corrected chi connectivity index (χ0v) is 13.3. The number of ether oxygens (including phenoxy) is 2. The van der Waals surface area contributed by atoms with Crippen molar-refractivity contribution in [3.63, 3.8) is 0 Å². The minimum atomic E-state index is -0.151. The average molecular weight is 298 g/mol. The van der Waals surface area contributed by atoms with Crippen LogP contribution in [0, 0.1) is 5.92 Å². The highest BCUT2D eigenvalue weighted by Crippen LogP contribution is 2.23. The van der Waals surface area contributed by atoms with Gasteiger partial charge < -0.3 is 9.47 Å². The Morgan fingerprint density at radius 3 is 2.00 bits per heavy atom. The second kappa shape index (κ2) is 7.64. The quantitative estimate of drug-likeness (QED) is 0.753. The monoisotopic (exact) mass is 298 g/mol. The summed E-state index contributed by atoms with van der Waals surface area (Å²) in [6, 6.07) is 16.5. The normalized spacial score (nSPS) is 11.8. The summed E-state index contributed by atoms with van der Waals surface area (Å²) >= 11 is 0. The highest BCUT2D eigenvalue weighted by atomic mass is 16.5. The van der Waals surface area contributed by atoms with E-state index < -0.39 is 0 Å². The van der Waals surface area contributed by atoms with Gasteiger partial charge in [0, 0.05) is 6.42 Å². The highest BCUT2D eigenvalue weighted by molar-refractivity contribution is 5.69. The molecular weight excluding hydrogens is 276 g/mol. The number of benzene rings is 2. The van der Waals surface area contributed by atoms with Gasteiger partial charge >= 0.3 is 5.97 Å². The van der Waals surface area contributed by atoms with Crippen LogP contribution in [-0.2, 0) is 16.0 Å². The van der Waals surface area contributed by atoms with E-state index in [1.807, 2.05) is 24.3 Å². The molecule has 0 spiro atoms. The van der Waals surface area contributed by atoms with E-state index in [0.717, 1.165) is 17.7 Å². The van der Waals surface area contributed by atoms with Crippen molar-refractivity contribution < 1.29 is 14.3 Å². The summed E-state index contributed by atoms with van der Waals surface area (Å²) in [6.07, 6.45) is 1.33. The van der Waals surface area contributed by atoms with E-state index in [-0.39, 0.29) is 11.9 Å². The predicted octanol–water partition coefficient (Wildman–Crippen LogP) is 4.10. The summed E-state index contributed by atoms with van der Waals surface area (Å²) in [4.78, 5) is 11.3. The van der Waals surface area contributed by atoms with Crippen molar-refractivity contribution in [1.82, 2.24) is 0 Å². The van der Waals surface area contributed by atoms with Crippen molar-refractivity contribution in [1.29, 1.82) is 0 Å². The van der Waals surface area contributed by atoms with Gasteiger partial charge in [0.05, 0.1) is 14.2 Å². The van der Waals surface area contributed by atoms with Gasteiger partial charge in [-0.25, -0.2) is 0 Å². The molecule has 0 amide bonds. The molecular formula is C19H22O3. The van der Waals surface area contributed by atoms with E-state index >= 15 is 0 Å². The van der Waals surface area contributed by atoms with E-state index in [0.29, 0.717) is 6.42 Å². The molecule has 0 radical (unpaired) electrons. The molecule has 2 rings (SSSR count). The topological polar surface area (TPSA) is 35.5 Å². The van der Waals surface area contributed by atoms with Crippen LogP contribution in [0.15, 0.2) is 48.5 Å². The third-order valence-electron chi connectivity index (χ3n) is 3.70. The van der Waals surface area contributed by atoms with Crippen LogP contribution in [0.25, 0.3) is 11.1 Å². The maximum absolute atomic E-state index is 11.3. The molecule has 0 heterocycles. The minimum absolute atomic E-state index is 0.151. The first-order valence-corrected chi connectivity index (χ1v) is 7.42. The lowest BCUT2D eigenvalue weighted by molar-refractivity contribution is -0.141. The van der Waals surface area contributed by atoms with E-state index in [2.05, 4.69) is 31.2 Å². The summed E-state index contributed by atoms with van der Waals surface area (Å²) in [5, 5.41) is 0. The number of hydrogen-bond donors (Lipinski definition) is 0. The van der Waals surface area contributed by atoms with Crippen molar-refractivity contribution in [2.24, 2.45) is 5.92 Å². The second-order valence-corrected chi connectivity index (χ2v) is 5.51. The molecule has 3 heteroatoms. The molecule has 2 aromatic carbocycles. The molecule has 0 aliphatic heterocycles. The fourth-order valence-corrected chi connectivity index (χ4v) is 2.46. The van der Waals surface area contributed by atoms with Gasteiger partial charge in [0.1, 0.15) is 5.75 Å². The van der Waals surface area contributed by atoms with Gasteiger partial charge in [-0.15, -0.1) is 0 Å². The van der Waals surface area contributed by atoms with Gasteiger partial charge in [-0.2, -0.15) is 0 Å². The van der Waals surface area contributed by atoms with Gasteiger partial charge in [0.15, 0.2) is 0 Å². The van der Waals surface area contributed by atoms with Crippen molar-refractivity contribution in [2.75, 3.05) is 14.2 Å². The zero-order chi connectivity index (χ0) is 15.9. The number of methoxy groups -OCH3 is 2. The third kappa shape index (κ3) is 4.35. The van der Waals surface area contributed by atoms with Crippen LogP contribution in [0.5, 0.6) is 5.75 Å². The van der Waals surface area contributed by atoms with Crippen LogP contribution in [0.1, 0.15) is 18.9 Å². The second-order valence-electron chi connectivity index (χ2n) is 5.51. The number of hydrogen-bond acceptors (Lipinski definition) is 3. The van der Waals surface area contributed by atoms with Crippen molar-refractivity contribution in [2.45, 2.75) is 19.8 Å². The predicted molar refractivity (Wildman–Crippen MR) is 87.9 cm³/mol. The maximum atomic E-state index is 11.3. The summed E-state index contributed by atoms with van der Waals surface area (Å²) in [7, 11) is 3.10. The highest BCUT2D eigenvalue weighted by Gasteiger charge is 2.10. The SMILES string of the molecule is COC(=O)CC(C)Cc1ccc(-c2ccc(OC)cc2)cc1. The van der Waals surface area contributed by atoms with Crippen molar-refractivity contribution in [3.05, 3.63) is 54.1 Å². The Morgan fingerprint density at radius 2 is 1.50 bits per heavy atom. The Morgan fingerprint density at radius 1 is 0.955 bits per heavy atom. The number of rotatable bonds is 6. The van der Waals surface area contributed by atoms with Gasteiger partial charge in [0.25, 0.3) is 0 Å². The summed E-state index contributed by atoms with van der Waals surface area (Å²) in [6.45, 7) is 2.06. The number of carbonyl (C=O) groups is 1.